The van der Waals surface area contributed by atoms with Crippen molar-refractivity contribution in [2.45, 2.75) is 19.3 Å². The van der Waals surface area contributed by atoms with E-state index in [0.29, 0.717) is 6.54 Å². The van der Waals surface area contributed by atoms with Crippen molar-refractivity contribution < 1.29 is 4.79 Å². The minimum atomic E-state index is 0.191. The van der Waals surface area contributed by atoms with Crippen molar-refractivity contribution in [3.05, 3.63) is 60.2 Å². The maximum atomic E-state index is 12.1. The quantitative estimate of drug-likeness (QED) is 0.891. The van der Waals surface area contributed by atoms with Gasteiger partial charge in [-0.2, -0.15) is 0 Å². The van der Waals surface area contributed by atoms with E-state index >= 15 is 0 Å². The van der Waals surface area contributed by atoms with Crippen LogP contribution in [0.5, 0.6) is 0 Å². The Bertz CT molecular complexity index is 616. The number of benzene rings is 2. The molecule has 3 nitrogen and oxygen atoms in total. The fraction of sp³-hybridized carbons (Fsp3) is 0.350. The lowest BCUT2D eigenvalue weighted by Gasteiger charge is -2.21. The van der Waals surface area contributed by atoms with Gasteiger partial charge in [0, 0.05) is 12.5 Å². The van der Waals surface area contributed by atoms with Gasteiger partial charge < -0.3 is 10.6 Å². The summed E-state index contributed by atoms with van der Waals surface area (Å²) < 4.78 is 0. The van der Waals surface area contributed by atoms with Gasteiger partial charge in [-0.15, -0.1) is 0 Å². The van der Waals surface area contributed by atoms with E-state index in [2.05, 4.69) is 59.2 Å². The Balaban J connectivity index is 1.48. The second kappa shape index (κ2) is 7.93. The van der Waals surface area contributed by atoms with Crippen molar-refractivity contribution in [1.82, 2.24) is 10.6 Å². The molecule has 120 valence electrons. The lowest BCUT2D eigenvalue weighted by Crippen LogP contribution is -2.38. The van der Waals surface area contributed by atoms with Crippen LogP contribution in [0.1, 0.15) is 18.4 Å². The highest BCUT2D eigenvalue weighted by atomic mass is 16.1. The molecule has 23 heavy (non-hydrogen) atoms. The number of piperidine rings is 1. The third kappa shape index (κ3) is 4.42. The summed E-state index contributed by atoms with van der Waals surface area (Å²) in [6, 6.07) is 19.0. The molecule has 0 saturated carbocycles. The standard InChI is InChI=1S/C20H24N2O/c23-20(19-11-13-21-14-12-19)22-15-10-16-6-8-18(9-7-16)17-4-2-1-3-5-17/h1-9,19,21H,10-15H2,(H,22,23). The van der Waals surface area contributed by atoms with E-state index in [1.807, 2.05) is 6.07 Å². The van der Waals surface area contributed by atoms with Gasteiger partial charge in [-0.05, 0) is 49.0 Å². The molecule has 1 aliphatic heterocycles. The number of carbonyl (C=O) groups is 1. The van der Waals surface area contributed by atoms with E-state index in [9.17, 15) is 4.79 Å². The first-order valence-corrected chi connectivity index (χ1v) is 8.46. The predicted molar refractivity (Wildman–Crippen MR) is 94.2 cm³/mol. The van der Waals surface area contributed by atoms with Crippen molar-refractivity contribution in [2.24, 2.45) is 5.92 Å². The normalized spacial score (nSPS) is 15.3. The first-order valence-electron chi connectivity index (χ1n) is 8.46. The molecule has 1 heterocycles. The van der Waals surface area contributed by atoms with Crippen LogP contribution in [0, 0.1) is 5.92 Å². The second-order valence-corrected chi connectivity index (χ2v) is 6.13. The summed E-state index contributed by atoms with van der Waals surface area (Å²) in [7, 11) is 0. The average molecular weight is 308 g/mol. The third-order valence-corrected chi connectivity index (χ3v) is 4.48. The molecular weight excluding hydrogens is 284 g/mol. The van der Waals surface area contributed by atoms with Gasteiger partial charge in [-0.1, -0.05) is 54.6 Å². The van der Waals surface area contributed by atoms with Gasteiger partial charge in [-0.25, -0.2) is 0 Å². The predicted octanol–water partition coefficient (Wildman–Crippen LogP) is 3.01. The van der Waals surface area contributed by atoms with Gasteiger partial charge >= 0.3 is 0 Å². The summed E-state index contributed by atoms with van der Waals surface area (Å²) >= 11 is 0. The summed E-state index contributed by atoms with van der Waals surface area (Å²) in [6.07, 6.45) is 2.79. The molecule has 0 bridgehead atoms. The molecule has 3 heteroatoms. The summed E-state index contributed by atoms with van der Waals surface area (Å²) in [5.41, 5.74) is 3.72. The fourth-order valence-electron chi connectivity index (χ4n) is 3.05. The van der Waals surface area contributed by atoms with E-state index in [1.165, 1.54) is 16.7 Å². The summed E-state index contributed by atoms with van der Waals surface area (Å²) in [4.78, 5) is 12.1. The number of hydrogen-bond donors (Lipinski definition) is 2. The molecule has 1 amide bonds. The highest BCUT2D eigenvalue weighted by molar-refractivity contribution is 5.78. The zero-order valence-electron chi connectivity index (χ0n) is 13.4. The van der Waals surface area contributed by atoms with Crippen LogP contribution in [0.4, 0.5) is 0 Å². The molecule has 3 rings (SSSR count). The summed E-state index contributed by atoms with van der Waals surface area (Å²) in [5.74, 6) is 0.407. The lowest BCUT2D eigenvalue weighted by molar-refractivity contribution is -0.125. The monoisotopic (exact) mass is 308 g/mol. The molecule has 1 fully saturated rings. The van der Waals surface area contributed by atoms with Crippen molar-refractivity contribution >= 4 is 5.91 Å². The summed E-state index contributed by atoms with van der Waals surface area (Å²) in [6.45, 7) is 2.63. The van der Waals surface area contributed by atoms with Gasteiger partial charge in [0.1, 0.15) is 0 Å². The van der Waals surface area contributed by atoms with Crippen molar-refractivity contribution in [3.8, 4) is 11.1 Å². The van der Waals surface area contributed by atoms with Crippen LogP contribution in [0.15, 0.2) is 54.6 Å². The van der Waals surface area contributed by atoms with E-state index in [0.717, 1.165) is 32.4 Å². The molecule has 1 saturated heterocycles. The van der Waals surface area contributed by atoms with Crippen LogP contribution >= 0.6 is 0 Å². The molecule has 0 spiro atoms. The molecule has 2 aromatic rings. The van der Waals surface area contributed by atoms with Crippen LogP contribution < -0.4 is 10.6 Å². The van der Waals surface area contributed by atoms with Crippen LogP contribution in [0.2, 0.25) is 0 Å². The van der Waals surface area contributed by atoms with E-state index in [4.69, 9.17) is 0 Å². The minimum Gasteiger partial charge on any atom is -0.356 e. The van der Waals surface area contributed by atoms with E-state index in [1.54, 1.807) is 0 Å². The Morgan fingerprint density at radius 3 is 2.30 bits per heavy atom. The first-order chi connectivity index (χ1) is 11.3. The molecule has 0 radical (unpaired) electrons. The largest absolute Gasteiger partial charge is 0.356 e. The molecule has 0 unspecified atom stereocenters. The maximum absolute atomic E-state index is 12.1. The van der Waals surface area contributed by atoms with Crippen LogP contribution in [0.25, 0.3) is 11.1 Å². The topological polar surface area (TPSA) is 41.1 Å². The number of nitrogens with one attached hydrogen (secondary N) is 2. The second-order valence-electron chi connectivity index (χ2n) is 6.13. The van der Waals surface area contributed by atoms with Crippen LogP contribution in [-0.2, 0) is 11.2 Å². The van der Waals surface area contributed by atoms with Gasteiger partial charge in [0.25, 0.3) is 0 Å². The molecule has 2 N–H and O–H groups in total. The smallest absolute Gasteiger partial charge is 0.223 e. The van der Waals surface area contributed by atoms with Gasteiger partial charge in [0.05, 0.1) is 0 Å². The summed E-state index contributed by atoms with van der Waals surface area (Å²) in [5, 5.41) is 6.37. The fourth-order valence-corrected chi connectivity index (χ4v) is 3.05. The molecule has 2 aromatic carbocycles. The van der Waals surface area contributed by atoms with Gasteiger partial charge in [0.2, 0.25) is 5.91 Å². The number of hydrogen-bond acceptors (Lipinski definition) is 2. The first kappa shape index (κ1) is 15.8. The lowest BCUT2D eigenvalue weighted by atomic mass is 9.97. The molecule has 0 aliphatic carbocycles. The van der Waals surface area contributed by atoms with Gasteiger partial charge in [0.15, 0.2) is 0 Å². The van der Waals surface area contributed by atoms with Crippen molar-refractivity contribution in [2.75, 3.05) is 19.6 Å². The van der Waals surface area contributed by atoms with Crippen molar-refractivity contribution in [1.29, 1.82) is 0 Å². The Kier molecular flexibility index (Phi) is 5.43. The van der Waals surface area contributed by atoms with E-state index in [-0.39, 0.29) is 11.8 Å². The molecule has 0 atom stereocenters. The third-order valence-electron chi connectivity index (χ3n) is 4.48. The Morgan fingerprint density at radius 2 is 1.61 bits per heavy atom. The Labute approximate surface area is 138 Å². The van der Waals surface area contributed by atoms with E-state index < -0.39 is 0 Å². The van der Waals surface area contributed by atoms with Crippen molar-refractivity contribution in [3.63, 3.8) is 0 Å². The van der Waals surface area contributed by atoms with Gasteiger partial charge in [-0.3, -0.25) is 4.79 Å². The molecular formula is C20H24N2O. The highest BCUT2D eigenvalue weighted by Crippen LogP contribution is 2.19. The maximum Gasteiger partial charge on any atom is 0.223 e. The number of amides is 1. The van der Waals surface area contributed by atoms with Crippen LogP contribution in [-0.4, -0.2) is 25.5 Å². The molecule has 0 aromatic heterocycles. The molecule has 1 aliphatic rings. The highest BCUT2D eigenvalue weighted by Gasteiger charge is 2.20. The zero-order valence-corrected chi connectivity index (χ0v) is 13.4. The number of carbonyl (C=O) groups excluding carboxylic acids is 1. The SMILES string of the molecule is O=C(NCCc1ccc(-c2ccccc2)cc1)C1CCNCC1. The van der Waals surface area contributed by atoms with Crippen LogP contribution in [0.3, 0.4) is 0 Å². The number of rotatable bonds is 5. The Hall–Kier alpha value is -2.13. The average Bonchev–Trinajstić information content (AvgIpc) is 2.64. The zero-order chi connectivity index (χ0) is 15.9. The minimum absolute atomic E-state index is 0.191. The Morgan fingerprint density at radius 1 is 0.957 bits per heavy atom.